The van der Waals surface area contributed by atoms with Gasteiger partial charge in [0.2, 0.25) is 0 Å². The quantitative estimate of drug-likeness (QED) is 0.680. The Morgan fingerprint density at radius 3 is 2.11 bits per heavy atom. The zero-order valence-electron chi connectivity index (χ0n) is 16.3. The number of rotatable bonds is 3. The number of hydrogen-bond donors (Lipinski definition) is 2. The third-order valence-corrected chi connectivity index (χ3v) is 3.56. The van der Waals surface area contributed by atoms with Gasteiger partial charge in [-0.05, 0) is 41.5 Å². The van der Waals surface area contributed by atoms with E-state index in [1.54, 1.807) is 41.5 Å². The van der Waals surface area contributed by atoms with Gasteiger partial charge in [0.1, 0.15) is 17.2 Å². The maximum Gasteiger partial charge on any atom is 0.408 e. The highest BCUT2D eigenvalue weighted by Gasteiger charge is 2.50. The molecule has 2 N–H and O–H groups in total. The molecule has 0 radical (unpaired) electrons. The molecule has 0 aromatic rings. The van der Waals surface area contributed by atoms with Crippen LogP contribution in [0.1, 0.15) is 41.5 Å². The van der Waals surface area contributed by atoms with Crippen LogP contribution in [0.15, 0.2) is 11.3 Å². The van der Waals surface area contributed by atoms with Crippen LogP contribution in [0.5, 0.6) is 0 Å². The number of alkyl carbamates (subject to hydrolysis) is 1. The van der Waals surface area contributed by atoms with E-state index in [4.69, 9.17) is 9.47 Å². The van der Waals surface area contributed by atoms with Crippen molar-refractivity contribution in [3.8, 4) is 0 Å². The number of aliphatic carboxylic acids is 1. The highest BCUT2D eigenvalue weighted by atomic mass is 16.6. The number of nitrogens with one attached hydrogen (secondary N) is 1. The Morgan fingerprint density at radius 1 is 1.07 bits per heavy atom. The van der Waals surface area contributed by atoms with Crippen molar-refractivity contribution in [2.75, 3.05) is 13.1 Å². The SMILES string of the molecule is CC(C)(C)OC(=O)NC1CN2CC(C(=O)O)=C(C(=O)OC(C)(C)C)N2C1=O. The van der Waals surface area contributed by atoms with Crippen LogP contribution in [0.25, 0.3) is 0 Å². The van der Waals surface area contributed by atoms with Gasteiger partial charge in [-0.25, -0.2) is 24.4 Å². The molecule has 0 aliphatic carbocycles. The summed E-state index contributed by atoms with van der Waals surface area (Å²) in [7, 11) is 0. The van der Waals surface area contributed by atoms with Gasteiger partial charge in [0.05, 0.1) is 12.1 Å². The van der Waals surface area contributed by atoms with Crippen molar-refractivity contribution < 1.29 is 33.8 Å². The average molecular weight is 383 g/mol. The number of hydrazine groups is 1. The van der Waals surface area contributed by atoms with Gasteiger partial charge < -0.3 is 19.9 Å². The molecule has 2 aliphatic rings. The summed E-state index contributed by atoms with van der Waals surface area (Å²) in [5, 5.41) is 14.2. The molecule has 0 bridgehead atoms. The van der Waals surface area contributed by atoms with Crippen molar-refractivity contribution in [2.24, 2.45) is 0 Å². The number of carboxylic acids is 1. The van der Waals surface area contributed by atoms with E-state index in [1.165, 1.54) is 5.01 Å². The molecule has 1 fully saturated rings. The zero-order valence-corrected chi connectivity index (χ0v) is 16.3. The van der Waals surface area contributed by atoms with Crippen LogP contribution < -0.4 is 5.32 Å². The lowest BCUT2D eigenvalue weighted by Crippen LogP contribution is -2.45. The van der Waals surface area contributed by atoms with Crippen molar-refractivity contribution in [3.63, 3.8) is 0 Å². The lowest BCUT2D eigenvalue weighted by atomic mass is 10.1. The predicted molar refractivity (Wildman–Crippen MR) is 92.1 cm³/mol. The Kier molecular flexibility index (Phi) is 5.24. The number of ether oxygens (including phenoxy) is 2. The molecule has 150 valence electrons. The molecule has 1 unspecified atom stereocenters. The Balaban J connectivity index is 2.22. The van der Waals surface area contributed by atoms with E-state index in [0.717, 1.165) is 5.01 Å². The van der Waals surface area contributed by atoms with Crippen LogP contribution in [0.3, 0.4) is 0 Å². The summed E-state index contributed by atoms with van der Waals surface area (Å²) in [4.78, 5) is 48.7. The molecule has 2 rings (SSSR count). The van der Waals surface area contributed by atoms with Crippen LogP contribution in [0, 0.1) is 0 Å². The predicted octanol–water partition coefficient (Wildman–Crippen LogP) is 0.633. The maximum atomic E-state index is 12.7. The van der Waals surface area contributed by atoms with Crippen LogP contribution in [0.2, 0.25) is 0 Å². The van der Waals surface area contributed by atoms with Crippen LogP contribution in [-0.2, 0) is 23.9 Å². The summed E-state index contributed by atoms with van der Waals surface area (Å²) in [6, 6.07) is -0.965. The Morgan fingerprint density at radius 2 is 1.63 bits per heavy atom. The van der Waals surface area contributed by atoms with E-state index < -0.39 is 41.2 Å². The summed E-state index contributed by atoms with van der Waals surface area (Å²) in [6.07, 6.45) is -0.774. The minimum absolute atomic E-state index is 0.0150. The third kappa shape index (κ3) is 4.76. The summed E-state index contributed by atoms with van der Waals surface area (Å²) < 4.78 is 10.4. The molecule has 1 atom stereocenters. The van der Waals surface area contributed by atoms with Crippen molar-refractivity contribution in [1.29, 1.82) is 0 Å². The van der Waals surface area contributed by atoms with E-state index in [-0.39, 0.29) is 24.4 Å². The molecule has 0 aromatic carbocycles. The summed E-state index contributed by atoms with van der Waals surface area (Å²) >= 11 is 0. The van der Waals surface area contributed by atoms with Gasteiger partial charge >= 0.3 is 18.0 Å². The topological polar surface area (TPSA) is 125 Å². The molecule has 2 heterocycles. The fourth-order valence-corrected chi connectivity index (χ4v) is 2.69. The largest absolute Gasteiger partial charge is 0.478 e. The Bertz CT molecular complexity index is 715. The van der Waals surface area contributed by atoms with Gasteiger partial charge in [-0.2, -0.15) is 0 Å². The Hall–Kier alpha value is -2.62. The molecule has 0 aromatic heterocycles. The minimum atomic E-state index is -1.31. The number of carboxylic acid groups (broad SMARTS) is 1. The number of hydrogen-bond acceptors (Lipinski definition) is 7. The minimum Gasteiger partial charge on any atom is -0.478 e. The summed E-state index contributed by atoms with van der Waals surface area (Å²) in [5.41, 5.74) is -2.16. The fourth-order valence-electron chi connectivity index (χ4n) is 2.69. The van der Waals surface area contributed by atoms with Crippen molar-refractivity contribution in [2.45, 2.75) is 58.8 Å². The molecule has 10 heteroatoms. The van der Waals surface area contributed by atoms with Crippen molar-refractivity contribution in [1.82, 2.24) is 15.3 Å². The standard InChI is InChI=1S/C17H25N3O7/c1-16(2,3)26-14(24)11-9(13(22)23)7-19-8-10(12(21)20(11)19)18-15(25)27-17(4,5)6/h10H,7-8H2,1-6H3,(H,18,25)(H,22,23). The van der Waals surface area contributed by atoms with Crippen LogP contribution in [-0.4, -0.2) is 69.4 Å². The van der Waals surface area contributed by atoms with Crippen molar-refractivity contribution in [3.05, 3.63) is 11.3 Å². The fraction of sp³-hybridized carbons (Fsp3) is 0.647. The molecule has 2 aliphatic heterocycles. The number of carbonyl (C=O) groups excluding carboxylic acids is 3. The maximum absolute atomic E-state index is 12.7. The number of fused-ring (bicyclic) bond motifs is 1. The summed E-state index contributed by atoms with van der Waals surface area (Å²) in [5.74, 6) is -2.85. The number of nitrogens with zero attached hydrogens (tertiary/aromatic N) is 2. The lowest BCUT2D eigenvalue weighted by molar-refractivity contribution is -0.156. The monoisotopic (exact) mass is 383 g/mol. The second kappa shape index (κ2) is 6.84. The zero-order chi connectivity index (χ0) is 20.7. The van der Waals surface area contributed by atoms with Gasteiger partial charge in [0, 0.05) is 6.54 Å². The van der Waals surface area contributed by atoms with Gasteiger partial charge in [-0.15, -0.1) is 0 Å². The smallest absolute Gasteiger partial charge is 0.408 e. The van der Waals surface area contributed by atoms with Crippen LogP contribution in [0.4, 0.5) is 4.79 Å². The molecule has 1 saturated heterocycles. The first kappa shape index (κ1) is 20.7. The molecular weight excluding hydrogens is 358 g/mol. The van der Waals surface area contributed by atoms with E-state index in [0.29, 0.717) is 0 Å². The lowest BCUT2D eigenvalue weighted by Gasteiger charge is -2.24. The van der Waals surface area contributed by atoms with Gasteiger partial charge in [0.15, 0.2) is 5.70 Å². The molecule has 0 saturated carbocycles. The molecule has 10 nitrogen and oxygen atoms in total. The van der Waals surface area contributed by atoms with Gasteiger partial charge in [-0.3, -0.25) is 4.79 Å². The molecular formula is C17H25N3O7. The molecule has 2 amide bonds. The number of carbonyl (C=O) groups is 4. The molecule has 27 heavy (non-hydrogen) atoms. The van der Waals surface area contributed by atoms with E-state index in [1.807, 2.05) is 0 Å². The van der Waals surface area contributed by atoms with Gasteiger partial charge in [0.25, 0.3) is 5.91 Å². The van der Waals surface area contributed by atoms with Crippen LogP contribution >= 0.6 is 0 Å². The number of amides is 2. The normalized spacial score (nSPS) is 20.6. The van der Waals surface area contributed by atoms with E-state index >= 15 is 0 Å². The second-order valence-electron chi connectivity index (χ2n) is 8.33. The third-order valence-electron chi connectivity index (χ3n) is 3.56. The highest BCUT2D eigenvalue weighted by Crippen LogP contribution is 2.31. The van der Waals surface area contributed by atoms with E-state index in [2.05, 4.69) is 5.32 Å². The van der Waals surface area contributed by atoms with E-state index in [9.17, 15) is 24.3 Å². The first-order valence-corrected chi connectivity index (χ1v) is 8.48. The van der Waals surface area contributed by atoms with Gasteiger partial charge in [-0.1, -0.05) is 0 Å². The molecule has 0 spiro atoms. The first-order valence-electron chi connectivity index (χ1n) is 8.48. The second-order valence-corrected chi connectivity index (χ2v) is 8.33. The van der Waals surface area contributed by atoms with Crippen molar-refractivity contribution >= 4 is 23.9 Å². The highest BCUT2D eigenvalue weighted by molar-refractivity contribution is 6.05. The number of esters is 1. The summed E-state index contributed by atoms with van der Waals surface area (Å²) in [6.45, 7) is 9.84. The average Bonchev–Trinajstić information content (AvgIpc) is 2.93. The Labute approximate surface area is 157 Å². The first-order chi connectivity index (χ1) is 12.2.